The molecule has 0 bridgehead atoms. The molecule has 1 amide bonds. The van der Waals surface area contributed by atoms with Crippen molar-refractivity contribution in [3.05, 3.63) is 30.6 Å². The number of piperazine rings is 1. The summed E-state index contributed by atoms with van der Waals surface area (Å²) in [5, 5.41) is 6.34. The van der Waals surface area contributed by atoms with Crippen LogP contribution in [0, 0.1) is 0 Å². The highest BCUT2D eigenvalue weighted by Gasteiger charge is 2.37. The number of H-pyrrole nitrogens is 1. The van der Waals surface area contributed by atoms with Crippen molar-refractivity contribution in [2.75, 3.05) is 44.2 Å². The second kappa shape index (κ2) is 5.92. The lowest BCUT2D eigenvalue weighted by molar-refractivity contribution is 0.0237. The number of aromatic amines is 1. The molecule has 0 atom stereocenters. The van der Waals surface area contributed by atoms with Gasteiger partial charge in [-0.25, -0.2) is 15.0 Å². The van der Waals surface area contributed by atoms with Gasteiger partial charge >= 0.3 is 0 Å². The third-order valence-corrected chi connectivity index (χ3v) is 4.43. The number of hydrogen-bond donors (Lipinski definition) is 1. The lowest BCUT2D eigenvalue weighted by atomic mass is 10.1. The van der Waals surface area contributed by atoms with Crippen molar-refractivity contribution in [2.24, 2.45) is 0 Å². The molecular formula is C14H18N8O. The van der Waals surface area contributed by atoms with E-state index in [9.17, 15) is 4.79 Å². The summed E-state index contributed by atoms with van der Waals surface area (Å²) in [6.07, 6.45) is 4.90. The van der Waals surface area contributed by atoms with E-state index >= 15 is 0 Å². The number of likely N-dealkylation sites (tertiary alicyclic amines) is 1. The molecule has 23 heavy (non-hydrogen) atoms. The second-order valence-corrected chi connectivity index (χ2v) is 5.77. The second-order valence-electron chi connectivity index (χ2n) is 5.77. The van der Waals surface area contributed by atoms with Crippen LogP contribution in [0.2, 0.25) is 0 Å². The number of nitrogens with one attached hydrogen (secondary N) is 1. The van der Waals surface area contributed by atoms with Crippen LogP contribution in [0.15, 0.2) is 24.8 Å². The van der Waals surface area contributed by atoms with Gasteiger partial charge in [0.1, 0.15) is 6.33 Å². The van der Waals surface area contributed by atoms with Crippen LogP contribution in [0.3, 0.4) is 0 Å². The number of nitrogens with zero attached hydrogens (tertiary/aromatic N) is 7. The molecule has 0 unspecified atom stereocenters. The first-order chi connectivity index (χ1) is 11.3. The summed E-state index contributed by atoms with van der Waals surface area (Å²) in [6.45, 7) is 5.26. The van der Waals surface area contributed by atoms with Crippen molar-refractivity contribution in [3.8, 4) is 0 Å². The Labute approximate surface area is 133 Å². The maximum absolute atomic E-state index is 12.1. The molecule has 0 saturated carbocycles. The summed E-state index contributed by atoms with van der Waals surface area (Å²) in [5.41, 5.74) is 0. The minimum Gasteiger partial charge on any atom is -0.338 e. The van der Waals surface area contributed by atoms with E-state index < -0.39 is 0 Å². The van der Waals surface area contributed by atoms with Crippen molar-refractivity contribution in [1.82, 2.24) is 34.9 Å². The summed E-state index contributed by atoms with van der Waals surface area (Å²) in [5.74, 6) is 1.03. The molecule has 120 valence electrons. The summed E-state index contributed by atoms with van der Waals surface area (Å²) in [7, 11) is 0. The van der Waals surface area contributed by atoms with Gasteiger partial charge in [-0.15, -0.1) is 0 Å². The number of amides is 1. The first-order valence-electron chi connectivity index (χ1n) is 7.72. The van der Waals surface area contributed by atoms with Gasteiger partial charge in [-0.3, -0.25) is 14.8 Å². The Morgan fingerprint density at radius 2 is 1.83 bits per heavy atom. The Kier molecular flexibility index (Phi) is 3.62. The number of carbonyl (C=O) groups excluding carboxylic acids is 1. The minimum absolute atomic E-state index is 0.0740. The van der Waals surface area contributed by atoms with E-state index in [1.807, 2.05) is 6.07 Å². The number of anilines is 1. The van der Waals surface area contributed by atoms with Gasteiger partial charge in [0.25, 0.3) is 5.91 Å². The first kappa shape index (κ1) is 14.1. The Hall–Kier alpha value is -2.55. The number of carbonyl (C=O) groups is 1. The van der Waals surface area contributed by atoms with Crippen LogP contribution < -0.4 is 4.90 Å². The molecule has 2 aromatic heterocycles. The van der Waals surface area contributed by atoms with Gasteiger partial charge in [0, 0.05) is 57.7 Å². The van der Waals surface area contributed by atoms with E-state index in [0.29, 0.717) is 11.9 Å². The lowest BCUT2D eigenvalue weighted by Gasteiger charge is -2.47. The number of aromatic nitrogens is 5. The zero-order valence-electron chi connectivity index (χ0n) is 12.7. The maximum Gasteiger partial charge on any atom is 0.291 e. The fourth-order valence-electron chi connectivity index (χ4n) is 3.05. The van der Waals surface area contributed by atoms with E-state index in [4.69, 9.17) is 0 Å². The van der Waals surface area contributed by atoms with Gasteiger partial charge in [0.05, 0.1) is 0 Å². The molecule has 4 rings (SSSR count). The molecule has 0 spiro atoms. The minimum atomic E-state index is -0.0740. The van der Waals surface area contributed by atoms with E-state index in [-0.39, 0.29) is 5.91 Å². The van der Waals surface area contributed by atoms with Crippen molar-refractivity contribution >= 4 is 11.9 Å². The zero-order chi connectivity index (χ0) is 15.6. The van der Waals surface area contributed by atoms with Gasteiger partial charge in [-0.05, 0) is 6.07 Å². The van der Waals surface area contributed by atoms with Crippen LogP contribution in [0.1, 0.15) is 10.6 Å². The highest BCUT2D eigenvalue weighted by atomic mass is 16.2. The van der Waals surface area contributed by atoms with Crippen molar-refractivity contribution in [3.63, 3.8) is 0 Å². The molecule has 9 nitrogen and oxygen atoms in total. The largest absolute Gasteiger partial charge is 0.338 e. The summed E-state index contributed by atoms with van der Waals surface area (Å²) in [6, 6.07) is 2.26. The van der Waals surface area contributed by atoms with Crippen LogP contribution in [-0.2, 0) is 0 Å². The fourth-order valence-corrected chi connectivity index (χ4v) is 3.05. The standard InChI is InChI=1S/C14H18N8O/c23-13(12-17-10-18-19-12)22-8-11(9-22)20-4-6-21(7-5-20)14-15-2-1-3-16-14/h1-3,10-11H,4-9H2,(H,17,18,19). The molecule has 2 aliphatic heterocycles. The van der Waals surface area contributed by atoms with E-state index in [0.717, 1.165) is 45.2 Å². The predicted octanol–water partition coefficient (Wildman–Crippen LogP) is -0.759. The van der Waals surface area contributed by atoms with Gasteiger partial charge in [0.2, 0.25) is 11.8 Å². The van der Waals surface area contributed by atoms with Gasteiger partial charge < -0.3 is 9.80 Å². The third kappa shape index (κ3) is 2.74. The van der Waals surface area contributed by atoms with Crippen molar-refractivity contribution in [1.29, 1.82) is 0 Å². The molecule has 0 aliphatic carbocycles. The first-order valence-corrected chi connectivity index (χ1v) is 7.72. The molecule has 2 fully saturated rings. The average molecular weight is 314 g/mol. The molecule has 0 aromatic carbocycles. The molecule has 9 heteroatoms. The predicted molar refractivity (Wildman–Crippen MR) is 81.9 cm³/mol. The van der Waals surface area contributed by atoms with Gasteiger partial charge in [0.15, 0.2) is 0 Å². The van der Waals surface area contributed by atoms with Crippen LogP contribution in [0.25, 0.3) is 0 Å². The number of rotatable bonds is 3. The average Bonchev–Trinajstić information content (AvgIpc) is 3.09. The van der Waals surface area contributed by atoms with E-state index in [1.165, 1.54) is 6.33 Å². The van der Waals surface area contributed by atoms with E-state index in [1.54, 1.807) is 17.3 Å². The molecule has 4 heterocycles. The monoisotopic (exact) mass is 314 g/mol. The molecule has 2 aromatic rings. The SMILES string of the molecule is O=C(c1ncn[nH]1)N1CC(N2CCN(c3ncccn3)CC2)C1. The lowest BCUT2D eigenvalue weighted by Crippen LogP contribution is -2.64. The highest BCUT2D eigenvalue weighted by molar-refractivity contribution is 5.90. The molecule has 0 radical (unpaired) electrons. The summed E-state index contributed by atoms with van der Waals surface area (Å²) >= 11 is 0. The highest BCUT2D eigenvalue weighted by Crippen LogP contribution is 2.19. The number of hydrogen-bond acceptors (Lipinski definition) is 7. The van der Waals surface area contributed by atoms with Gasteiger partial charge in [-0.2, -0.15) is 5.10 Å². The summed E-state index contributed by atoms with van der Waals surface area (Å²) < 4.78 is 0. The molecular weight excluding hydrogens is 296 g/mol. The fraction of sp³-hybridized carbons (Fsp3) is 0.500. The Balaban J connectivity index is 1.27. The summed E-state index contributed by atoms with van der Waals surface area (Å²) in [4.78, 5) is 31.0. The Morgan fingerprint density at radius 3 is 2.48 bits per heavy atom. The van der Waals surface area contributed by atoms with Crippen molar-refractivity contribution in [2.45, 2.75) is 6.04 Å². The third-order valence-electron chi connectivity index (χ3n) is 4.43. The molecule has 1 N–H and O–H groups in total. The smallest absolute Gasteiger partial charge is 0.291 e. The van der Waals surface area contributed by atoms with Crippen LogP contribution in [0.4, 0.5) is 5.95 Å². The Bertz CT molecular complexity index is 647. The molecule has 2 aliphatic rings. The van der Waals surface area contributed by atoms with Crippen LogP contribution in [-0.4, -0.2) is 86.2 Å². The topological polar surface area (TPSA) is 94.1 Å². The zero-order valence-corrected chi connectivity index (χ0v) is 12.7. The van der Waals surface area contributed by atoms with Crippen molar-refractivity contribution < 1.29 is 4.79 Å². The molecule has 2 saturated heterocycles. The van der Waals surface area contributed by atoms with Crippen LogP contribution >= 0.6 is 0 Å². The quantitative estimate of drug-likeness (QED) is 0.796. The Morgan fingerprint density at radius 1 is 1.09 bits per heavy atom. The van der Waals surface area contributed by atoms with E-state index in [2.05, 4.69) is 34.9 Å². The maximum atomic E-state index is 12.1. The van der Waals surface area contributed by atoms with Crippen LogP contribution in [0.5, 0.6) is 0 Å². The van der Waals surface area contributed by atoms with Gasteiger partial charge in [-0.1, -0.05) is 0 Å². The normalized spacial score (nSPS) is 19.7.